The lowest BCUT2D eigenvalue weighted by Gasteiger charge is -2.08. The topological polar surface area (TPSA) is 66.8 Å². The number of aliphatic hydroxyl groups excluding tert-OH is 1. The second kappa shape index (κ2) is 6.02. The molecule has 4 heteroatoms. The summed E-state index contributed by atoms with van der Waals surface area (Å²) < 4.78 is 5.57. The summed E-state index contributed by atoms with van der Waals surface area (Å²) in [5.41, 5.74) is 1.80. The van der Waals surface area contributed by atoms with Gasteiger partial charge in [-0.3, -0.25) is 0 Å². The number of aromatic carboxylic acids is 1. The van der Waals surface area contributed by atoms with E-state index in [0.717, 1.165) is 11.1 Å². The Morgan fingerprint density at radius 1 is 1.05 bits per heavy atom. The van der Waals surface area contributed by atoms with Crippen LogP contribution in [-0.4, -0.2) is 16.2 Å². The third-order valence-corrected chi connectivity index (χ3v) is 2.66. The highest BCUT2D eigenvalue weighted by molar-refractivity contribution is 5.87. The van der Waals surface area contributed by atoms with Crippen molar-refractivity contribution in [1.82, 2.24) is 0 Å². The van der Waals surface area contributed by atoms with Gasteiger partial charge < -0.3 is 14.9 Å². The van der Waals surface area contributed by atoms with Crippen molar-refractivity contribution in [3.05, 3.63) is 65.2 Å². The zero-order valence-electron chi connectivity index (χ0n) is 10.2. The fraction of sp³-hybridized carbons (Fsp3) is 0.133. The molecule has 0 atom stereocenters. The highest BCUT2D eigenvalue weighted by Crippen LogP contribution is 2.15. The molecule has 0 bridgehead atoms. The summed E-state index contributed by atoms with van der Waals surface area (Å²) in [6.07, 6.45) is 0. The van der Waals surface area contributed by atoms with E-state index in [-0.39, 0.29) is 18.8 Å². The molecule has 0 amide bonds. The Morgan fingerprint density at radius 2 is 1.79 bits per heavy atom. The highest BCUT2D eigenvalue weighted by Gasteiger charge is 2.04. The van der Waals surface area contributed by atoms with E-state index in [9.17, 15) is 4.79 Å². The molecule has 2 aromatic rings. The molecule has 4 nitrogen and oxygen atoms in total. The monoisotopic (exact) mass is 258 g/mol. The molecule has 98 valence electrons. The highest BCUT2D eigenvalue weighted by atomic mass is 16.5. The fourth-order valence-electron chi connectivity index (χ4n) is 1.69. The van der Waals surface area contributed by atoms with E-state index >= 15 is 0 Å². The summed E-state index contributed by atoms with van der Waals surface area (Å²) in [5.74, 6) is -0.309. The molecule has 0 fully saturated rings. The van der Waals surface area contributed by atoms with Gasteiger partial charge in [0.2, 0.25) is 0 Å². The first-order valence-electron chi connectivity index (χ1n) is 5.84. The summed E-state index contributed by atoms with van der Waals surface area (Å²) in [4.78, 5) is 10.8. The molecule has 19 heavy (non-hydrogen) atoms. The second-order valence-corrected chi connectivity index (χ2v) is 4.10. The number of carbonyl (C=O) groups is 1. The molecular weight excluding hydrogens is 244 g/mol. The molecule has 2 rings (SSSR count). The van der Waals surface area contributed by atoms with Gasteiger partial charge in [0.1, 0.15) is 12.4 Å². The fourth-order valence-corrected chi connectivity index (χ4v) is 1.69. The van der Waals surface area contributed by atoms with Crippen LogP contribution in [0.1, 0.15) is 21.5 Å². The van der Waals surface area contributed by atoms with Gasteiger partial charge in [0, 0.05) is 0 Å². The van der Waals surface area contributed by atoms with Crippen LogP contribution in [0.3, 0.4) is 0 Å². The van der Waals surface area contributed by atoms with Crippen LogP contribution in [0.4, 0.5) is 0 Å². The summed E-state index contributed by atoms with van der Waals surface area (Å²) in [6, 6.07) is 13.8. The third kappa shape index (κ3) is 3.56. The number of rotatable bonds is 5. The lowest BCUT2D eigenvalue weighted by molar-refractivity contribution is 0.0696. The van der Waals surface area contributed by atoms with Gasteiger partial charge in [-0.15, -0.1) is 0 Å². The molecule has 2 aromatic carbocycles. The SMILES string of the molecule is O=C(O)c1cccc(COc2cccc(CO)c2)c1. The summed E-state index contributed by atoms with van der Waals surface area (Å²) >= 11 is 0. The molecule has 0 unspecified atom stereocenters. The third-order valence-electron chi connectivity index (χ3n) is 2.66. The number of hydrogen-bond acceptors (Lipinski definition) is 3. The van der Waals surface area contributed by atoms with Gasteiger partial charge in [-0.2, -0.15) is 0 Å². The van der Waals surface area contributed by atoms with Crippen molar-refractivity contribution in [3.63, 3.8) is 0 Å². The molecule has 0 aliphatic carbocycles. The van der Waals surface area contributed by atoms with Crippen LogP contribution in [0.15, 0.2) is 48.5 Å². The van der Waals surface area contributed by atoms with Crippen LogP contribution in [0.5, 0.6) is 5.75 Å². The largest absolute Gasteiger partial charge is 0.489 e. The Labute approximate surface area is 110 Å². The Morgan fingerprint density at radius 3 is 2.53 bits per heavy atom. The van der Waals surface area contributed by atoms with Crippen LogP contribution in [-0.2, 0) is 13.2 Å². The van der Waals surface area contributed by atoms with Gasteiger partial charge in [0.05, 0.1) is 12.2 Å². The van der Waals surface area contributed by atoms with Crippen molar-refractivity contribution in [1.29, 1.82) is 0 Å². The minimum Gasteiger partial charge on any atom is -0.489 e. The number of carboxylic acids is 1. The molecule has 0 radical (unpaired) electrons. The Bertz CT molecular complexity index is 578. The van der Waals surface area contributed by atoms with E-state index in [2.05, 4.69) is 0 Å². The number of benzene rings is 2. The molecule has 0 saturated heterocycles. The van der Waals surface area contributed by atoms with Gasteiger partial charge in [-0.25, -0.2) is 4.79 Å². The van der Waals surface area contributed by atoms with Gasteiger partial charge >= 0.3 is 5.97 Å². The summed E-state index contributed by atoms with van der Waals surface area (Å²) in [6.45, 7) is 0.252. The maximum Gasteiger partial charge on any atom is 0.335 e. The molecular formula is C15H14O4. The standard InChI is InChI=1S/C15H14O4/c16-9-11-3-2-6-14(8-11)19-10-12-4-1-5-13(7-12)15(17)18/h1-8,16H,9-10H2,(H,17,18). The maximum atomic E-state index is 10.8. The van der Waals surface area contributed by atoms with Crippen molar-refractivity contribution < 1.29 is 19.7 Å². The van der Waals surface area contributed by atoms with Gasteiger partial charge in [-0.1, -0.05) is 24.3 Å². The van der Waals surface area contributed by atoms with Crippen molar-refractivity contribution in [2.45, 2.75) is 13.2 Å². The zero-order valence-corrected chi connectivity index (χ0v) is 10.2. The molecule has 0 aliphatic heterocycles. The van der Waals surface area contributed by atoms with E-state index < -0.39 is 5.97 Å². The number of aliphatic hydroxyl groups is 1. The molecule has 2 N–H and O–H groups in total. The van der Waals surface area contributed by atoms with Crippen LogP contribution in [0.25, 0.3) is 0 Å². The second-order valence-electron chi connectivity index (χ2n) is 4.10. The first kappa shape index (κ1) is 13.1. The number of carboxylic acid groups (broad SMARTS) is 1. The smallest absolute Gasteiger partial charge is 0.335 e. The average molecular weight is 258 g/mol. The Kier molecular flexibility index (Phi) is 4.15. The predicted octanol–water partition coefficient (Wildman–Crippen LogP) is 2.46. The number of hydrogen-bond donors (Lipinski definition) is 2. The van der Waals surface area contributed by atoms with E-state index in [0.29, 0.717) is 5.75 Å². The first-order chi connectivity index (χ1) is 9.19. The van der Waals surface area contributed by atoms with Crippen LogP contribution < -0.4 is 4.74 Å². The van der Waals surface area contributed by atoms with Gasteiger partial charge in [0.25, 0.3) is 0 Å². The molecule has 0 spiro atoms. The van der Waals surface area contributed by atoms with Gasteiger partial charge in [0.15, 0.2) is 0 Å². The average Bonchev–Trinajstić information content (AvgIpc) is 2.45. The van der Waals surface area contributed by atoms with Crippen molar-refractivity contribution in [3.8, 4) is 5.75 Å². The zero-order chi connectivity index (χ0) is 13.7. The maximum absolute atomic E-state index is 10.8. The lowest BCUT2D eigenvalue weighted by atomic mass is 10.1. The van der Waals surface area contributed by atoms with E-state index in [1.807, 2.05) is 6.07 Å². The van der Waals surface area contributed by atoms with E-state index in [1.54, 1.807) is 36.4 Å². The van der Waals surface area contributed by atoms with Crippen LogP contribution in [0.2, 0.25) is 0 Å². The minimum absolute atomic E-state index is 0.0360. The van der Waals surface area contributed by atoms with E-state index in [4.69, 9.17) is 14.9 Å². The summed E-state index contributed by atoms with van der Waals surface area (Å²) in [5, 5.41) is 17.9. The molecule has 0 saturated carbocycles. The van der Waals surface area contributed by atoms with E-state index in [1.165, 1.54) is 6.07 Å². The Balaban J connectivity index is 2.05. The first-order valence-corrected chi connectivity index (χ1v) is 5.84. The van der Waals surface area contributed by atoms with Crippen molar-refractivity contribution >= 4 is 5.97 Å². The van der Waals surface area contributed by atoms with Gasteiger partial charge in [-0.05, 0) is 35.4 Å². The quantitative estimate of drug-likeness (QED) is 0.864. The van der Waals surface area contributed by atoms with Crippen molar-refractivity contribution in [2.24, 2.45) is 0 Å². The van der Waals surface area contributed by atoms with Crippen molar-refractivity contribution in [2.75, 3.05) is 0 Å². The molecule has 0 aliphatic rings. The molecule has 0 aromatic heterocycles. The van der Waals surface area contributed by atoms with Crippen LogP contribution in [0, 0.1) is 0 Å². The van der Waals surface area contributed by atoms with Crippen LogP contribution >= 0.6 is 0 Å². The normalized spacial score (nSPS) is 10.2. The minimum atomic E-state index is -0.955. The Hall–Kier alpha value is -2.33. The predicted molar refractivity (Wildman–Crippen MR) is 70.1 cm³/mol. The lowest BCUT2D eigenvalue weighted by Crippen LogP contribution is -2.00. The number of ether oxygens (including phenoxy) is 1. The summed E-state index contributed by atoms with van der Waals surface area (Å²) in [7, 11) is 0. The molecule has 0 heterocycles.